The van der Waals surface area contributed by atoms with Gasteiger partial charge in [-0.05, 0) is 11.5 Å². The molecule has 0 heterocycles. The molecule has 1 heteroatoms. The number of hydrogen-bond acceptors (Lipinski definition) is 1. The maximum Gasteiger partial charge on any atom is 0.140 e. The maximum absolute atomic E-state index is 9.66. The highest BCUT2D eigenvalue weighted by molar-refractivity contribution is 5.24. The third kappa shape index (κ3) is 3.64. The molecule has 1 aromatic carbocycles. The van der Waals surface area contributed by atoms with Gasteiger partial charge in [0.1, 0.15) is 6.10 Å². The summed E-state index contributed by atoms with van der Waals surface area (Å²) in [5.74, 6) is 6.38. The van der Waals surface area contributed by atoms with Crippen molar-refractivity contribution >= 4 is 0 Å². The molecule has 0 spiro atoms. The molecule has 0 aliphatic rings. The average Bonchev–Trinajstić information content (AvgIpc) is 2.18. The average molecular weight is 188 g/mol. The Labute approximate surface area is 85.8 Å². The van der Waals surface area contributed by atoms with E-state index in [1.165, 1.54) is 0 Å². The Morgan fingerprint density at radius 3 is 2.43 bits per heavy atom. The van der Waals surface area contributed by atoms with Crippen molar-refractivity contribution in [2.75, 3.05) is 0 Å². The van der Waals surface area contributed by atoms with E-state index >= 15 is 0 Å². The van der Waals surface area contributed by atoms with Crippen LogP contribution >= 0.6 is 0 Å². The van der Waals surface area contributed by atoms with Crippen LogP contribution in [0.25, 0.3) is 0 Å². The van der Waals surface area contributed by atoms with Crippen molar-refractivity contribution in [3.63, 3.8) is 0 Å². The van der Waals surface area contributed by atoms with Gasteiger partial charge < -0.3 is 5.11 Å². The highest BCUT2D eigenvalue weighted by Gasteiger charge is 2.00. The van der Waals surface area contributed by atoms with Crippen LogP contribution < -0.4 is 0 Å². The monoisotopic (exact) mass is 188 g/mol. The lowest BCUT2D eigenvalue weighted by Crippen LogP contribution is -1.93. The van der Waals surface area contributed by atoms with Crippen molar-refractivity contribution in [3.05, 3.63) is 35.9 Å². The zero-order valence-electron chi connectivity index (χ0n) is 8.70. The highest BCUT2D eigenvalue weighted by Crippen LogP contribution is 2.10. The molecule has 0 aromatic heterocycles. The van der Waals surface area contributed by atoms with E-state index in [-0.39, 0.29) is 0 Å². The summed E-state index contributed by atoms with van der Waals surface area (Å²) in [6, 6.07) is 9.51. The molecule has 1 aromatic rings. The van der Waals surface area contributed by atoms with Gasteiger partial charge in [0.25, 0.3) is 0 Å². The molecule has 1 N–H and O–H groups in total. The van der Waals surface area contributed by atoms with E-state index in [2.05, 4.69) is 25.7 Å². The molecule has 0 saturated heterocycles. The topological polar surface area (TPSA) is 20.2 Å². The first-order valence-electron chi connectivity index (χ1n) is 4.91. The van der Waals surface area contributed by atoms with Crippen LogP contribution in [0.1, 0.15) is 31.9 Å². The fraction of sp³-hybridized carbons (Fsp3) is 0.385. The summed E-state index contributed by atoms with van der Waals surface area (Å²) in [5, 5.41) is 9.66. The molecule has 74 valence electrons. The van der Waals surface area contributed by atoms with E-state index in [1.54, 1.807) is 0 Å². The zero-order chi connectivity index (χ0) is 10.4. The molecule has 1 unspecified atom stereocenters. The number of rotatable bonds is 2. The third-order valence-electron chi connectivity index (χ3n) is 1.86. The van der Waals surface area contributed by atoms with Gasteiger partial charge in [0, 0.05) is 6.42 Å². The van der Waals surface area contributed by atoms with Crippen LogP contribution in [-0.4, -0.2) is 5.11 Å². The minimum Gasteiger partial charge on any atom is -0.376 e. The summed E-state index contributed by atoms with van der Waals surface area (Å²) in [4.78, 5) is 0. The molecule has 0 aliphatic heterocycles. The molecule has 0 saturated carbocycles. The normalized spacial score (nSPS) is 12.0. The van der Waals surface area contributed by atoms with Crippen molar-refractivity contribution < 1.29 is 5.11 Å². The van der Waals surface area contributed by atoms with Crippen LogP contribution in [0.3, 0.4) is 0 Å². The summed E-state index contributed by atoms with van der Waals surface area (Å²) in [6.45, 7) is 4.23. The van der Waals surface area contributed by atoms with Gasteiger partial charge in [0.15, 0.2) is 0 Å². The van der Waals surface area contributed by atoms with E-state index in [0.29, 0.717) is 5.92 Å². The zero-order valence-corrected chi connectivity index (χ0v) is 8.70. The molecule has 0 aliphatic carbocycles. The Hall–Kier alpha value is -1.26. The van der Waals surface area contributed by atoms with Crippen molar-refractivity contribution in [2.24, 2.45) is 5.92 Å². The van der Waals surface area contributed by atoms with E-state index in [1.807, 2.05) is 30.3 Å². The smallest absolute Gasteiger partial charge is 0.140 e. The van der Waals surface area contributed by atoms with E-state index < -0.39 is 6.10 Å². The Morgan fingerprint density at radius 1 is 1.21 bits per heavy atom. The van der Waals surface area contributed by atoms with Crippen LogP contribution in [0, 0.1) is 17.8 Å². The molecule has 0 radical (unpaired) electrons. The highest BCUT2D eigenvalue weighted by atomic mass is 16.3. The van der Waals surface area contributed by atoms with Crippen LogP contribution in [0.5, 0.6) is 0 Å². The first-order chi connectivity index (χ1) is 6.70. The number of aliphatic hydroxyl groups is 1. The van der Waals surface area contributed by atoms with Crippen molar-refractivity contribution in [1.82, 2.24) is 0 Å². The van der Waals surface area contributed by atoms with Crippen LogP contribution in [-0.2, 0) is 0 Å². The number of aliphatic hydroxyl groups excluding tert-OH is 1. The van der Waals surface area contributed by atoms with Gasteiger partial charge in [-0.15, -0.1) is 0 Å². The summed E-state index contributed by atoms with van der Waals surface area (Å²) in [7, 11) is 0. The molecular formula is C13H16O. The minimum absolute atomic E-state index is 0.561. The molecule has 14 heavy (non-hydrogen) atoms. The molecule has 1 rings (SSSR count). The van der Waals surface area contributed by atoms with Gasteiger partial charge in [-0.3, -0.25) is 0 Å². The first-order valence-corrected chi connectivity index (χ1v) is 4.91. The Bertz CT molecular complexity index is 316. The lowest BCUT2D eigenvalue weighted by Gasteiger charge is -2.02. The van der Waals surface area contributed by atoms with Gasteiger partial charge in [0.2, 0.25) is 0 Å². The Balaban J connectivity index is 2.57. The van der Waals surface area contributed by atoms with Gasteiger partial charge in [0.05, 0.1) is 0 Å². The minimum atomic E-state index is -0.644. The SMILES string of the molecule is CC(C)CC#CC(O)c1ccccc1. The van der Waals surface area contributed by atoms with E-state index in [9.17, 15) is 5.11 Å². The molecule has 1 nitrogen and oxygen atoms in total. The largest absolute Gasteiger partial charge is 0.376 e. The predicted molar refractivity (Wildman–Crippen MR) is 58.6 cm³/mol. The summed E-state index contributed by atoms with van der Waals surface area (Å²) in [6.07, 6.45) is 0.194. The first kappa shape index (κ1) is 10.8. The predicted octanol–water partition coefficient (Wildman–Crippen LogP) is 2.77. The maximum atomic E-state index is 9.66. The van der Waals surface area contributed by atoms with Crippen LogP contribution in [0.2, 0.25) is 0 Å². The summed E-state index contributed by atoms with van der Waals surface area (Å²) < 4.78 is 0. The number of benzene rings is 1. The molecule has 0 bridgehead atoms. The van der Waals surface area contributed by atoms with Crippen molar-refractivity contribution in [1.29, 1.82) is 0 Å². The second-order valence-corrected chi connectivity index (χ2v) is 3.73. The Kier molecular flexibility index (Phi) is 4.22. The fourth-order valence-corrected chi connectivity index (χ4v) is 1.08. The summed E-state index contributed by atoms with van der Waals surface area (Å²) >= 11 is 0. The molecular weight excluding hydrogens is 172 g/mol. The van der Waals surface area contributed by atoms with E-state index in [0.717, 1.165) is 12.0 Å². The second kappa shape index (κ2) is 5.47. The Morgan fingerprint density at radius 2 is 1.86 bits per heavy atom. The fourth-order valence-electron chi connectivity index (χ4n) is 1.08. The van der Waals surface area contributed by atoms with Crippen LogP contribution in [0.15, 0.2) is 30.3 Å². The third-order valence-corrected chi connectivity index (χ3v) is 1.86. The lowest BCUT2D eigenvalue weighted by atomic mass is 10.1. The molecule has 1 atom stereocenters. The lowest BCUT2D eigenvalue weighted by molar-refractivity contribution is 0.238. The van der Waals surface area contributed by atoms with Gasteiger partial charge in [-0.2, -0.15) is 0 Å². The molecule has 0 fully saturated rings. The second-order valence-electron chi connectivity index (χ2n) is 3.73. The standard InChI is InChI=1S/C13H16O/c1-11(2)7-6-10-13(14)12-8-4-3-5-9-12/h3-5,8-9,11,13-14H,7H2,1-2H3. The number of hydrogen-bond donors (Lipinski definition) is 1. The van der Waals surface area contributed by atoms with Gasteiger partial charge in [-0.25, -0.2) is 0 Å². The van der Waals surface area contributed by atoms with Gasteiger partial charge >= 0.3 is 0 Å². The van der Waals surface area contributed by atoms with Crippen molar-refractivity contribution in [3.8, 4) is 11.8 Å². The van der Waals surface area contributed by atoms with Gasteiger partial charge in [-0.1, -0.05) is 56.0 Å². The quantitative estimate of drug-likeness (QED) is 0.707. The molecule has 0 amide bonds. The van der Waals surface area contributed by atoms with E-state index in [4.69, 9.17) is 0 Å². The summed E-state index contributed by atoms with van der Waals surface area (Å²) in [5.41, 5.74) is 0.865. The van der Waals surface area contributed by atoms with Crippen molar-refractivity contribution in [2.45, 2.75) is 26.4 Å². The van der Waals surface area contributed by atoms with Crippen LogP contribution in [0.4, 0.5) is 0 Å².